The molecule has 2 heterocycles. The summed E-state index contributed by atoms with van der Waals surface area (Å²) >= 11 is 0. The van der Waals surface area contributed by atoms with Crippen LogP contribution in [0, 0.1) is 0 Å². The molecule has 0 N–H and O–H groups in total. The summed E-state index contributed by atoms with van der Waals surface area (Å²) in [6.45, 7) is 6.19. The molecule has 2 aliphatic rings. The zero-order chi connectivity index (χ0) is 14.9. The fourth-order valence-electron chi connectivity index (χ4n) is 3.89. The Labute approximate surface area is 129 Å². The SMILES string of the molecule is CCC1(N2CCN(S(=O)c3cnn(C)c3)CC2)CCCC1. The standard InChI is InChI=1S/C15H26N4OS/c1-3-15(6-4-5-7-15)18-8-10-19(11-9-18)21(20)14-12-16-17(2)13-14/h12-13H,3-11H2,1-2H3. The summed E-state index contributed by atoms with van der Waals surface area (Å²) in [5.41, 5.74) is 0.432. The monoisotopic (exact) mass is 310 g/mol. The van der Waals surface area contributed by atoms with E-state index in [2.05, 4.69) is 21.2 Å². The lowest BCUT2D eigenvalue weighted by atomic mass is 9.91. The first-order valence-electron chi connectivity index (χ1n) is 8.05. The molecule has 0 aromatic carbocycles. The van der Waals surface area contributed by atoms with Crippen molar-refractivity contribution in [1.29, 1.82) is 0 Å². The number of hydrogen-bond acceptors (Lipinski definition) is 3. The second-order valence-corrected chi connectivity index (χ2v) is 7.79. The lowest BCUT2D eigenvalue weighted by molar-refractivity contribution is 0.0554. The zero-order valence-corrected chi connectivity index (χ0v) is 13.9. The van der Waals surface area contributed by atoms with Gasteiger partial charge in [0.15, 0.2) is 0 Å². The minimum Gasteiger partial charge on any atom is -0.295 e. The first kappa shape index (κ1) is 15.2. The van der Waals surface area contributed by atoms with Crippen LogP contribution in [0.15, 0.2) is 17.3 Å². The van der Waals surface area contributed by atoms with Gasteiger partial charge in [0, 0.05) is 45.0 Å². The molecule has 1 aliphatic heterocycles. The molecule has 1 aromatic rings. The third-order valence-electron chi connectivity index (χ3n) is 5.22. The van der Waals surface area contributed by atoms with E-state index < -0.39 is 11.0 Å². The van der Waals surface area contributed by atoms with Crippen molar-refractivity contribution in [3.05, 3.63) is 12.4 Å². The van der Waals surface area contributed by atoms with Gasteiger partial charge in [-0.05, 0) is 19.3 Å². The maximum absolute atomic E-state index is 12.6. The predicted octanol–water partition coefficient (Wildman–Crippen LogP) is 1.78. The Morgan fingerprint density at radius 3 is 2.43 bits per heavy atom. The van der Waals surface area contributed by atoms with Gasteiger partial charge in [-0.25, -0.2) is 8.51 Å². The molecule has 1 atom stereocenters. The average molecular weight is 310 g/mol. The molecule has 5 nitrogen and oxygen atoms in total. The number of aryl methyl sites for hydroxylation is 1. The Bertz CT molecular complexity index is 502. The van der Waals surface area contributed by atoms with E-state index in [0.29, 0.717) is 5.54 Å². The Morgan fingerprint density at radius 1 is 1.24 bits per heavy atom. The number of rotatable bonds is 4. The summed E-state index contributed by atoms with van der Waals surface area (Å²) in [6, 6.07) is 0. The summed E-state index contributed by atoms with van der Waals surface area (Å²) in [5.74, 6) is 0. The van der Waals surface area contributed by atoms with Crippen molar-refractivity contribution in [3.63, 3.8) is 0 Å². The highest BCUT2D eigenvalue weighted by atomic mass is 32.2. The topological polar surface area (TPSA) is 41.4 Å². The van der Waals surface area contributed by atoms with Crippen LogP contribution in [0.5, 0.6) is 0 Å². The third-order valence-corrected chi connectivity index (χ3v) is 6.67. The van der Waals surface area contributed by atoms with E-state index in [-0.39, 0.29) is 0 Å². The Balaban J connectivity index is 1.61. The van der Waals surface area contributed by atoms with Crippen LogP contribution in [0.1, 0.15) is 39.0 Å². The van der Waals surface area contributed by atoms with Crippen LogP contribution in [-0.4, -0.2) is 54.9 Å². The largest absolute Gasteiger partial charge is 0.295 e. The van der Waals surface area contributed by atoms with Gasteiger partial charge in [-0.15, -0.1) is 0 Å². The van der Waals surface area contributed by atoms with Crippen molar-refractivity contribution in [3.8, 4) is 0 Å². The van der Waals surface area contributed by atoms with Gasteiger partial charge in [-0.3, -0.25) is 9.58 Å². The van der Waals surface area contributed by atoms with Crippen LogP contribution < -0.4 is 0 Å². The van der Waals surface area contributed by atoms with E-state index in [1.807, 2.05) is 13.2 Å². The predicted molar refractivity (Wildman–Crippen MR) is 84.3 cm³/mol. The minimum absolute atomic E-state index is 0.432. The highest BCUT2D eigenvalue weighted by Gasteiger charge is 2.39. The van der Waals surface area contributed by atoms with Crippen molar-refractivity contribution in [2.45, 2.75) is 49.5 Å². The molecule has 2 fully saturated rings. The highest BCUT2D eigenvalue weighted by molar-refractivity contribution is 7.82. The van der Waals surface area contributed by atoms with Crippen LogP contribution >= 0.6 is 0 Å². The third kappa shape index (κ3) is 2.94. The van der Waals surface area contributed by atoms with Crippen molar-refractivity contribution in [2.24, 2.45) is 7.05 Å². The molecule has 1 aliphatic carbocycles. The van der Waals surface area contributed by atoms with Gasteiger partial charge in [-0.1, -0.05) is 19.8 Å². The number of hydrogen-bond donors (Lipinski definition) is 0. The van der Waals surface area contributed by atoms with Crippen molar-refractivity contribution < 1.29 is 4.21 Å². The molecule has 118 valence electrons. The number of nitrogens with zero attached hydrogens (tertiary/aromatic N) is 4. The molecule has 1 saturated carbocycles. The zero-order valence-electron chi connectivity index (χ0n) is 13.1. The van der Waals surface area contributed by atoms with Crippen LogP contribution in [-0.2, 0) is 18.0 Å². The fraction of sp³-hybridized carbons (Fsp3) is 0.800. The van der Waals surface area contributed by atoms with Crippen molar-refractivity contribution in [2.75, 3.05) is 26.2 Å². The van der Waals surface area contributed by atoms with E-state index in [1.54, 1.807) is 10.9 Å². The summed E-state index contributed by atoms with van der Waals surface area (Å²) in [4.78, 5) is 3.48. The molecule has 1 unspecified atom stereocenters. The molecule has 1 saturated heterocycles. The summed E-state index contributed by atoms with van der Waals surface area (Å²) in [6.07, 6.45) is 10.2. The second-order valence-electron chi connectivity index (χ2n) is 6.30. The molecule has 0 amide bonds. The lowest BCUT2D eigenvalue weighted by Crippen LogP contribution is -2.56. The Hall–Kier alpha value is -0.720. The second kappa shape index (κ2) is 6.18. The first-order chi connectivity index (χ1) is 10.1. The van der Waals surface area contributed by atoms with Crippen LogP contribution in [0.2, 0.25) is 0 Å². The molecule has 0 bridgehead atoms. The number of aromatic nitrogens is 2. The van der Waals surface area contributed by atoms with Crippen LogP contribution in [0.4, 0.5) is 0 Å². The normalized spacial score (nSPS) is 25.2. The lowest BCUT2D eigenvalue weighted by Gasteiger charge is -2.45. The summed E-state index contributed by atoms with van der Waals surface area (Å²) in [5, 5.41) is 4.12. The van der Waals surface area contributed by atoms with Gasteiger partial charge < -0.3 is 0 Å². The summed E-state index contributed by atoms with van der Waals surface area (Å²) in [7, 11) is 0.807. The van der Waals surface area contributed by atoms with E-state index in [0.717, 1.165) is 31.1 Å². The minimum atomic E-state index is -1.06. The molecule has 1 aromatic heterocycles. The smallest absolute Gasteiger partial charge is 0.130 e. The maximum atomic E-state index is 12.6. The van der Waals surface area contributed by atoms with Gasteiger partial charge in [0.05, 0.1) is 11.1 Å². The van der Waals surface area contributed by atoms with E-state index >= 15 is 0 Å². The van der Waals surface area contributed by atoms with Gasteiger partial charge in [0.1, 0.15) is 11.0 Å². The average Bonchev–Trinajstić information content (AvgIpc) is 3.16. The van der Waals surface area contributed by atoms with E-state index in [4.69, 9.17) is 0 Å². The van der Waals surface area contributed by atoms with Gasteiger partial charge >= 0.3 is 0 Å². The maximum Gasteiger partial charge on any atom is 0.130 e. The Kier molecular flexibility index (Phi) is 4.47. The van der Waals surface area contributed by atoms with Crippen LogP contribution in [0.3, 0.4) is 0 Å². The molecule has 0 spiro atoms. The molecular weight excluding hydrogens is 284 g/mol. The summed E-state index contributed by atoms with van der Waals surface area (Å²) < 4.78 is 16.4. The Morgan fingerprint density at radius 2 is 1.90 bits per heavy atom. The molecule has 6 heteroatoms. The van der Waals surface area contributed by atoms with E-state index in [9.17, 15) is 4.21 Å². The van der Waals surface area contributed by atoms with Crippen LogP contribution in [0.25, 0.3) is 0 Å². The molecular formula is C15H26N4OS. The quantitative estimate of drug-likeness (QED) is 0.851. The number of piperazine rings is 1. The molecule has 3 rings (SSSR count). The molecule has 21 heavy (non-hydrogen) atoms. The van der Waals surface area contributed by atoms with Crippen molar-refractivity contribution >= 4 is 11.0 Å². The highest BCUT2D eigenvalue weighted by Crippen LogP contribution is 2.38. The van der Waals surface area contributed by atoms with E-state index in [1.165, 1.54) is 32.1 Å². The van der Waals surface area contributed by atoms with Gasteiger partial charge in [-0.2, -0.15) is 5.10 Å². The fourth-order valence-corrected chi connectivity index (χ4v) is 5.07. The first-order valence-corrected chi connectivity index (χ1v) is 9.16. The van der Waals surface area contributed by atoms with Gasteiger partial charge in [0.2, 0.25) is 0 Å². The molecule has 0 radical (unpaired) electrons. The van der Waals surface area contributed by atoms with Gasteiger partial charge in [0.25, 0.3) is 0 Å². The van der Waals surface area contributed by atoms with Crippen molar-refractivity contribution in [1.82, 2.24) is 19.0 Å².